The van der Waals surface area contributed by atoms with Gasteiger partial charge in [0.25, 0.3) is 0 Å². The highest BCUT2D eigenvalue weighted by molar-refractivity contribution is 5.66. The van der Waals surface area contributed by atoms with E-state index in [4.69, 9.17) is 4.74 Å². The summed E-state index contributed by atoms with van der Waals surface area (Å²) in [5, 5.41) is 0. The van der Waals surface area contributed by atoms with E-state index in [9.17, 15) is 4.39 Å². The summed E-state index contributed by atoms with van der Waals surface area (Å²) in [5.41, 5.74) is 0.0963. The normalized spacial score (nSPS) is 24.9. The molecule has 1 saturated heterocycles. The van der Waals surface area contributed by atoms with E-state index in [0.717, 1.165) is 58.0 Å². The molecule has 1 saturated carbocycles. The van der Waals surface area contributed by atoms with Crippen molar-refractivity contribution in [1.29, 1.82) is 0 Å². The van der Waals surface area contributed by atoms with Gasteiger partial charge in [-0.2, -0.15) is 0 Å². The molecular formula is C31H38F4O. The van der Waals surface area contributed by atoms with Crippen molar-refractivity contribution in [3.05, 3.63) is 70.8 Å². The molecule has 2 atom stereocenters. The minimum atomic E-state index is -1.13. The molecule has 5 heteroatoms. The highest BCUT2D eigenvalue weighted by Gasteiger charge is 2.27. The van der Waals surface area contributed by atoms with Crippen LogP contribution >= 0.6 is 0 Å². The second kappa shape index (κ2) is 12.4. The first-order valence-electron chi connectivity index (χ1n) is 13.6. The van der Waals surface area contributed by atoms with Crippen LogP contribution in [0.5, 0.6) is 0 Å². The fourth-order valence-electron chi connectivity index (χ4n) is 6.01. The van der Waals surface area contributed by atoms with E-state index in [1.807, 2.05) is 13.0 Å². The Hall–Kier alpha value is -2.14. The molecule has 1 nitrogen and oxygen atoms in total. The highest BCUT2D eigenvalue weighted by atomic mass is 19.2. The molecule has 1 aliphatic heterocycles. The fraction of sp³-hybridized carbons (Fsp3) is 0.548. The van der Waals surface area contributed by atoms with Crippen LogP contribution in [-0.4, -0.2) is 12.7 Å². The van der Waals surface area contributed by atoms with Crippen LogP contribution in [0.3, 0.4) is 0 Å². The van der Waals surface area contributed by atoms with Gasteiger partial charge in [0, 0.05) is 17.7 Å². The molecule has 0 amide bonds. The molecule has 0 N–H and O–H groups in total. The van der Waals surface area contributed by atoms with Crippen molar-refractivity contribution >= 4 is 0 Å². The van der Waals surface area contributed by atoms with Crippen LogP contribution in [0.2, 0.25) is 0 Å². The number of hydrogen-bond acceptors (Lipinski definition) is 1. The summed E-state index contributed by atoms with van der Waals surface area (Å²) in [4.78, 5) is 0. The molecule has 0 aromatic heterocycles. The summed E-state index contributed by atoms with van der Waals surface area (Å²) in [6, 6.07) is 5.80. The molecule has 0 bridgehead atoms. The standard InChI is InChI=1S/C31H38F4O/c1-3-5-20-7-10-22(11-8-20)25-17-18-27(31(35)29(25)33)26-16-13-23(28(32)30(26)34)12-15-24-14-9-21(6-4-2)19-36-24/h3,5,13,16-18,20-22,24H,4,6-12,14-15,19H2,1-2H3. The van der Waals surface area contributed by atoms with E-state index in [2.05, 4.69) is 13.0 Å². The van der Waals surface area contributed by atoms with Gasteiger partial charge in [-0.1, -0.05) is 49.8 Å². The predicted molar refractivity (Wildman–Crippen MR) is 137 cm³/mol. The van der Waals surface area contributed by atoms with Gasteiger partial charge in [0.1, 0.15) is 0 Å². The summed E-state index contributed by atoms with van der Waals surface area (Å²) in [6.45, 7) is 4.88. The minimum absolute atomic E-state index is 0.0485. The number of hydrogen-bond donors (Lipinski definition) is 0. The summed E-state index contributed by atoms with van der Waals surface area (Å²) >= 11 is 0. The molecule has 1 aliphatic carbocycles. The monoisotopic (exact) mass is 502 g/mol. The zero-order valence-electron chi connectivity index (χ0n) is 21.5. The van der Waals surface area contributed by atoms with Crippen molar-refractivity contribution in [1.82, 2.24) is 0 Å². The van der Waals surface area contributed by atoms with E-state index in [-0.39, 0.29) is 28.7 Å². The SMILES string of the molecule is CC=CC1CCC(c2ccc(-c3ccc(CCC4CCC(CCC)CO4)c(F)c3F)c(F)c2F)CC1. The first kappa shape index (κ1) is 26.9. The second-order valence-electron chi connectivity index (χ2n) is 10.6. The zero-order valence-corrected chi connectivity index (χ0v) is 21.5. The maximum atomic E-state index is 15.1. The summed E-state index contributed by atoms with van der Waals surface area (Å²) in [6.07, 6.45) is 13.0. The number of allylic oxidation sites excluding steroid dienone is 2. The lowest BCUT2D eigenvalue weighted by Crippen LogP contribution is -2.26. The van der Waals surface area contributed by atoms with Gasteiger partial charge in [0.2, 0.25) is 0 Å². The van der Waals surface area contributed by atoms with Gasteiger partial charge in [0.05, 0.1) is 6.10 Å². The zero-order chi connectivity index (χ0) is 25.7. The van der Waals surface area contributed by atoms with Crippen molar-refractivity contribution in [3.8, 4) is 11.1 Å². The van der Waals surface area contributed by atoms with Gasteiger partial charge < -0.3 is 4.74 Å². The third-order valence-electron chi connectivity index (χ3n) is 8.14. The molecular weight excluding hydrogens is 464 g/mol. The highest BCUT2D eigenvalue weighted by Crippen LogP contribution is 2.40. The topological polar surface area (TPSA) is 9.23 Å². The number of benzene rings is 2. The van der Waals surface area contributed by atoms with E-state index < -0.39 is 23.3 Å². The van der Waals surface area contributed by atoms with Gasteiger partial charge in [-0.3, -0.25) is 0 Å². The van der Waals surface area contributed by atoms with Gasteiger partial charge in [0.15, 0.2) is 23.3 Å². The lowest BCUT2D eigenvalue weighted by Gasteiger charge is -2.29. The number of aryl methyl sites for hydroxylation is 1. The Bertz CT molecular complexity index is 1050. The molecule has 2 aromatic rings. The second-order valence-corrected chi connectivity index (χ2v) is 10.6. The summed E-state index contributed by atoms with van der Waals surface area (Å²) in [7, 11) is 0. The summed E-state index contributed by atoms with van der Waals surface area (Å²) in [5.74, 6) is -3.14. The molecule has 4 rings (SSSR count). The van der Waals surface area contributed by atoms with Crippen LogP contribution in [0, 0.1) is 35.1 Å². The predicted octanol–water partition coefficient (Wildman–Crippen LogP) is 9.29. The largest absolute Gasteiger partial charge is 0.378 e. The van der Waals surface area contributed by atoms with Crippen LogP contribution in [-0.2, 0) is 11.2 Å². The molecule has 1 heterocycles. The molecule has 2 unspecified atom stereocenters. The van der Waals surface area contributed by atoms with Gasteiger partial charge in [-0.15, -0.1) is 0 Å². The van der Waals surface area contributed by atoms with Crippen molar-refractivity contribution in [3.63, 3.8) is 0 Å². The third-order valence-corrected chi connectivity index (χ3v) is 8.14. The Morgan fingerprint density at radius 2 is 1.50 bits per heavy atom. The first-order valence-corrected chi connectivity index (χ1v) is 13.6. The first-order chi connectivity index (χ1) is 17.4. The Morgan fingerprint density at radius 3 is 2.14 bits per heavy atom. The molecule has 36 heavy (non-hydrogen) atoms. The Morgan fingerprint density at radius 1 is 0.806 bits per heavy atom. The van der Waals surface area contributed by atoms with E-state index in [0.29, 0.717) is 30.2 Å². The van der Waals surface area contributed by atoms with E-state index >= 15 is 13.2 Å². The molecule has 0 spiro atoms. The number of rotatable bonds is 8. The third kappa shape index (κ3) is 6.04. The van der Waals surface area contributed by atoms with Crippen LogP contribution < -0.4 is 0 Å². The van der Waals surface area contributed by atoms with E-state index in [1.165, 1.54) is 18.2 Å². The maximum absolute atomic E-state index is 15.1. The van der Waals surface area contributed by atoms with Gasteiger partial charge in [-0.05, 0) is 93.6 Å². The fourth-order valence-corrected chi connectivity index (χ4v) is 6.01. The van der Waals surface area contributed by atoms with Crippen molar-refractivity contribution in [2.24, 2.45) is 11.8 Å². The van der Waals surface area contributed by atoms with Crippen LogP contribution in [0.15, 0.2) is 36.4 Å². The number of ether oxygens (including phenoxy) is 1. The van der Waals surface area contributed by atoms with Crippen LogP contribution in [0.1, 0.15) is 88.7 Å². The summed E-state index contributed by atoms with van der Waals surface area (Å²) < 4.78 is 66.1. The number of halogens is 4. The quantitative estimate of drug-likeness (QED) is 0.258. The van der Waals surface area contributed by atoms with Crippen LogP contribution in [0.25, 0.3) is 11.1 Å². The molecule has 0 radical (unpaired) electrons. The van der Waals surface area contributed by atoms with Gasteiger partial charge >= 0.3 is 0 Å². The Balaban J connectivity index is 1.44. The smallest absolute Gasteiger partial charge is 0.167 e. The Kier molecular flexibility index (Phi) is 9.27. The average molecular weight is 503 g/mol. The van der Waals surface area contributed by atoms with Crippen molar-refractivity contribution in [2.75, 3.05) is 6.61 Å². The maximum Gasteiger partial charge on any atom is 0.167 e. The van der Waals surface area contributed by atoms with E-state index in [1.54, 1.807) is 6.07 Å². The average Bonchev–Trinajstić information content (AvgIpc) is 2.89. The van der Waals surface area contributed by atoms with Crippen molar-refractivity contribution < 1.29 is 22.3 Å². The molecule has 2 fully saturated rings. The molecule has 2 aliphatic rings. The minimum Gasteiger partial charge on any atom is -0.378 e. The lowest BCUT2D eigenvalue weighted by molar-refractivity contribution is -0.0216. The van der Waals surface area contributed by atoms with Crippen LogP contribution in [0.4, 0.5) is 17.6 Å². The molecule has 2 aromatic carbocycles. The Labute approximate surface area is 212 Å². The molecule has 196 valence electrons. The lowest BCUT2D eigenvalue weighted by atomic mass is 9.78. The van der Waals surface area contributed by atoms with Gasteiger partial charge in [-0.25, -0.2) is 17.6 Å². The van der Waals surface area contributed by atoms with Crippen molar-refractivity contribution in [2.45, 2.75) is 90.1 Å².